The van der Waals surface area contributed by atoms with Crippen LogP contribution in [0.5, 0.6) is 0 Å². The monoisotopic (exact) mass is 319 g/mol. The zero-order chi connectivity index (χ0) is 14.4. The highest BCUT2D eigenvalue weighted by molar-refractivity contribution is 6.36. The molecule has 1 saturated heterocycles. The van der Waals surface area contributed by atoms with Crippen molar-refractivity contribution in [2.24, 2.45) is 0 Å². The van der Waals surface area contributed by atoms with Gasteiger partial charge in [0.05, 0.1) is 36.1 Å². The maximum atomic E-state index is 9.83. The van der Waals surface area contributed by atoms with E-state index in [2.05, 4.69) is 5.32 Å². The van der Waals surface area contributed by atoms with E-state index in [4.69, 9.17) is 32.7 Å². The van der Waals surface area contributed by atoms with Crippen LogP contribution >= 0.6 is 23.2 Å². The number of nitrogens with one attached hydrogen (secondary N) is 1. The number of hydrogen-bond acceptors (Lipinski definition) is 4. The summed E-state index contributed by atoms with van der Waals surface area (Å²) < 4.78 is 10.9. The molecule has 20 heavy (non-hydrogen) atoms. The summed E-state index contributed by atoms with van der Waals surface area (Å²) in [6.45, 7) is 2.00. The van der Waals surface area contributed by atoms with Crippen LogP contribution in [0, 0.1) is 0 Å². The highest BCUT2D eigenvalue weighted by Crippen LogP contribution is 2.25. The highest BCUT2D eigenvalue weighted by Gasteiger charge is 2.16. The number of benzene rings is 1. The molecule has 1 fully saturated rings. The molecule has 2 unspecified atom stereocenters. The molecule has 112 valence electrons. The fourth-order valence-corrected chi connectivity index (χ4v) is 2.51. The van der Waals surface area contributed by atoms with Gasteiger partial charge in [0, 0.05) is 18.2 Å². The van der Waals surface area contributed by atoms with E-state index in [-0.39, 0.29) is 12.7 Å². The van der Waals surface area contributed by atoms with Crippen LogP contribution in [0.2, 0.25) is 10.0 Å². The van der Waals surface area contributed by atoms with E-state index in [9.17, 15) is 5.11 Å². The predicted octanol–water partition coefficient (Wildman–Crippen LogP) is 2.96. The Morgan fingerprint density at radius 3 is 3.00 bits per heavy atom. The lowest BCUT2D eigenvalue weighted by atomic mass is 10.2. The van der Waals surface area contributed by atoms with Crippen LogP contribution in [0.4, 0.5) is 5.69 Å². The standard InChI is InChI=1S/C14H19Cl2NO3/c15-10-3-4-14(13(16)6-10)17-7-11(18)8-19-9-12-2-1-5-20-12/h3-4,6,11-12,17-18H,1-2,5,7-9H2. The molecule has 0 radical (unpaired) electrons. The number of anilines is 1. The second-order valence-corrected chi connectivity index (χ2v) is 5.68. The lowest BCUT2D eigenvalue weighted by Crippen LogP contribution is -2.27. The summed E-state index contributed by atoms with van der Waals surface area (Å²) in [7, 11) is 0. The van der Waals surface area contributed by atoms with Gasteiger partial charge in [0.2, 0.25) is 0 Å². The molecular formula is C14H19Cl2NO3. The third-order valence-electron chi connectivity index (χ3n) is 3.10. The first-order chi connectivity index (χ1) is 9.65. The summed E-state index contributed by atoms with van der Waals surface area (Å²) in [5.74, 6) is 0. The number of rotatable bonds is 7. The third-order valence-corrected chi connectivity index (χ3v) is 3.65. The van der Waals surface area contributed by atoms with E-state index in [1.807, 2.05) is 0 Å². The van der Waals surface area contributed by atoms with E-state index in [1.165, 1.54) is 0 Å². The first-order valence-electron chi connectivity index (χ1n) is 6.71. The number of halogens is 2. The van der Waals surface area contributed by atoms with E-state index >= 15 is 0 Å². The number of aliphatic hydroxyl groups excluding tert-OH is 1. The van der Waals surface area contributed by atoms with Gasteiger partial charge in [0.1, 0.15) is 0 Å². The van der Waals surface area contributed by atoms with Crippen molar-refractivity contribution in [3.8, 4) is 0 Å². The zero-order valence-corrected chi connectivity index (χ0v) is 12.7. The van der Waals surface area contributed by atoms with Gasteiger partial charge < -0.3 is 19.9 Å². The minimum Gasteiger partial charge on any atom is -0.389 e. The largest absolute Gasteiger partial charge is 0.389 e. The summed E-state index contributed by atoms with van der Waals surface area (Å²) in [5.41, 5.74) is 0.745. The zero-order valence-electron chi connectivity index (χ0n) is 11.1. The summed E-state index contributed by atoms with van der Waals surface area (Å²) in [6.07, 6.45) is 1.71. The second-order valence-electron chi connectivity index (χ2n) is 4.83. The Morgan fingerprint density at radius 1 is 1.45 bits per heavy atom. The first kappa shape index (κ1) is 15.9. The van der Waals surface area contributed by atoms with Gasteiger partial charge in [-0.05, 0) is 31.0 Å². The maximum absolute atomic E-state index is 9.83. The molecule has 1 aromatic rings. The minimum atomic E-state index is -0.594. The molecule has 0 spiro atoms. The fourth-order valence-electron chi connectivity index (χ4n) is 2.03. The summed E-state index contributed by atoms with van der Waals surface area (Å²) in [5, 5.41) is 14.0. The predicted molar refractivity (Wildman–Crippen MR) is 80.8 cm³/mol. The lowest BCUT2D eigenvalue weighted by molar-refractivity contribution is -0.0137. The normalized spacial score (nSPS) is 20.1. The van der Waals surface area contributed by atoms with Crippen molar-refractivity contribution in [1.29, 1.82) is 0 Å². The Bertz CT molecular complexity index is 425. The maximum Gasteiger partial charge on any atom is 0.0945 e. The fraction of sp³-hybridized carbons (Fsp3) is 0.571. The average Bonchev–Trinajstić information content (AvgIpc) is 2.91. The van der Waals surface area contributed by atoms with Crippen molar-refractivity contribution in [1.82, 2.24) is 0 Å². The first-order valence-corrected chi connectivity index (χ1v) is 7.47. The molecule has 1 aliphatic heterocycles. The topological polar surface area (TPSA) is 50.7 Å². The molecule has 0 bridgehead atoms. The van der Waals surface area contributed by atoms with Crippen LogP contribution in [0.1, 0.15) is 12.8 Å². The van der Waals surface area contributed by atoms with Crippen LogP contribution in [0.25, 0.3) is 0 Å². The quantitative estimate of drug-likeness (QED) is 0.811. The summed E-state index contributed by atoms with van der Waals surface area (Å²) in [6, 6.07) is 5.19. The molecule has 4 nitrogen and oxygen atoms in total. The summed E-state index contributed by atoms with van der Waals surface area (Å²) >= 11 is 11.8. The number of hydrogen-bond donors (Lipinski definition) is 2. The Labute approximate surface area is 129 Å². The van der Waals surface area contributed by atoms with Gasteiger partial charge in [-0.2, -0.15) is 0 Å². The van der Waals surface area contributed by atoms with Crippen molar-refractivity contribution in [2.45, 2.75) is 25.0 Å². The van der Waals surface area contributed by atoms with Gasteiger partial charge in [-0.25, -0.2) is 0 Å². The van der Waals surface area contributed by atoms with Gasteiger partial charge in [-0.1, -0.05) is 23.2 Å². The van der Waals surface area contributed by atoms with Crippen molar-refractivity contribution < 1.29 is 14.6 Å². The molecule has 2 N–H and O–H groups in total. The van der Waals surface area contributed by atoms with Crippen molar-refractivity contribution >= 4 is 28.9 Å². The van der Waals surface area contributed by atoms with Crippen LogP contribution in [0.15, 0.2) is 18.2 Å². The molecule has 0 aliphatic carbocycles. The third kappa shape index (κ3) is 5.11. The Morgan fingerprint density at radius 2 is 2.30 bits per heavy atom. The molecule has 1 heterocycles. The smallest absolute Gasteiger partial charge is 0.0945 e. The molecule has 0 amide bonds. The van der Waals surface area contributed by atoms with E-state index in [1.54, 1.807) is 18.2 Å². The molecular weight excluding hydrogens is 301 g/mol. The van der Waals surface area contributed by atoms with Crippen molar-refractivity contribution in [2.75, 3.05) is 31.7 Å². The van der Waals surface area contributed by atoms with Gasteiger partial charge in [-0.15, -0.1) is 0 Å². The molecule has 2 rings (SSSR count). The molecule has 1 aromatic carbocycles. The summed E-state index contributed by atoms with van der Waals surface area (Å²) in [4.78, 5) is 0. The van der Waals surface area contributed by atoms with Crippen LogP contribution < -0.4 is 5.32 Å². The Hall–Kier alpha value is -0.520. The van der Waals surface area contributed by atoms with Crippen molar-refractivity contribution in [3.63, 3.8) is 0 Å². The SMILES string of the molecule is OC(CNc1ccc(Cl)cc1Cl)COCC1CCCO1. The Balaban J connectivity index is 1.65. The van der Waals surface area contributed by atoms with Crippen molar-refractivity contribution in [3.05, 3.63) is 28.2 Å². The molecule has 0 aromatic heterocycles. The van der Waals surface area contributed by atoms with E-state index in [0.29, 0.717) is 23.2 Å². The molecule has 0 saturated carbocycles. The molecule has 1 aliphatic rings. The second kappa shape index (κ2) is 8.05. The minimum absolute atomic E-state index is 0.181. The Kier molecular flexibility index (Phi) is 6.39. The van der Waals surface area contributed by atoms with Gasteiger partial charge in [0.15, 0.2) is 0 Å². The van der Waals surface area contributed by atoms with Crippen LogP contribution in [-0.2, 0) is 9.47 Å². The van der Waals surface area contributed by atoms with Crippen LogP contribution in [0.3, 0.4) is 0 Å². The van der Waals surface area contributed by atoms with E-state index < -0.39 is 6.10 Å². The van der Waals surface area contributed by atoms with E-state index in [0.717, 1.165) is 25.1 Å². The molecule has 2 atom stereocenters. The highest BCUT2D eigenvalue weighted by atomic mass is 35.5. The lowest BCUT2D eigenvalue weighted by Gasteiger charge is -2.15. The molecule has 6 heteroatoms. The van der Waals surface area contributed by atoms with Gasteiger partial charge in [0.25, 0.3) is 0 Å². The number of ether oxygens (including phenoxy) is 2. The number of aliphatic hydroxyl groups is 1. The van der Waals surface area contributed by atoms with Gasteiger partial charge >= 0.3 is 0 Å². The average molecular weight is 320 g/mol. The van der Waals surface area contributed by atoms with Gasteiger partial charge in [-0.3, -0.25) is 0 Å². The van der Waals surface area contributed by atoms with Crippen LogP contribution in [-0.4, -0.2) is 43.7 Å².